The number of rotatable bonds is 10. The van der Waals surface area contributed by atoms with Crippen LogP contribution in [0, 0.1) is 11.6 Å². The van der Waals surface area contributed by atoms with E-state index < -0.39 is 23.0 Å². The number of carbonyl (C=O) groups excluding carboxylic acids is 1. The van der Waals surface area contributed by atoms with E-state index in [1.54, 1.807) is 0 Å². The fourth-order valence-corrected chi connectivity index (χ4v) is 6.55. The van der Waals surface area contributed by atoms with Crippen molar-refractivity contribution >= 4 is 17.7 Å². The van der Waals surface area contributed by atoms with E-state index >= 15 is 0 Å². The van der Waals surface area contributed by atoms with Crippen LogP contribution in [0.5, 0.6) is 0 Å². The molecule has 3 aromatic rings. The van der Waals surface area contributed by atoms with Gasteiger partial charge in [0.1, 0.15) is 17.0 Å². The van der Waals surface area contributed by atoms with Gasteiger partial charge < -0.3 is 10.6 Å². The Balaban J connectivity index is 1.79. The minimum atomic E-state index is -1.17. The average Bonchev–Trinajstić information content (AvgIpc) is 3.34. The molecule has 1 heterocycles. The van der Waals surface area contributed by atoms with E-state index in [1.165, 1.54) is 36.7 Å². The molecule has 0 aromatic heterocycles. The Kier molecular flexibility index (Phi) is 8.01. The standard InChI is InChI=1S/C28H30F2N2OS/c29-23-18-24(30)20-25(19-23)34-26(14-9-17-32-15-7-8-16-32)28(27(31)33,21-10-3-1-4-11-21)22-12-5-2-6-13-22/h1-6,10-13,18-20,26H,7-9,14-17H2,(H2,31,33). The molecule has 1 aliphatic heterocycles. The predicted octanol–water partition coefficient (Wildman–Crippen LogP) is 5.77. The fraction of sp³-hybridized carbons (Fsp3) is 0.321. The normalized spacial score (nSPS) is 15.4. The van der Waals surface area contributed by atoms with Gasteiger partial charge in [0.25, 0.3) is 0 Å². The second-order valence-corrected chi connectivity index (χ2v) is 10.1. The Morgan fingerprint density at radius 1 is 0.912 bits per heavy atom. The zero-order valence-electron chi connectivity index (χ0n) is 19.1. The van der Waals surface area contributed by atoms with Crippen LogP contribution in [-0.2, 0) is 10.2 Å². The van der Waals surface area contributed by atoms with Crippen molar-refractivity contribution in [1.29, 1.82) is 0 Å². The van der Waals surface area contributed by atoms with Crippen molar-refractivity contribution in [3.63, 3.8) is 0 Å². The number of nitrogens with two attached hydrogens (primary N) is 1. The van der Waals surface area contributed by atoms with E-state index in [1.807, 2.05) is 60.7 Å². The fourth-order valence-electron chi connectivity index (χ4n) is 5.01. The number of thioether (sulfide) groups is 1. The van der Waals surface area contributed by atoms with Gasteiger partial charge in [-0.3, -0.25) is 4.79 Å². The highest BCUT2D eigenvalue weighted by atomic mass is 32.2. The lowest BCUT2D eigenvalue weighted by atomic mass is 9.70. The van der Waals surface area contributed by atoms with Crippen molar-refractivity contribution in [3.05, 3.63) is 102 Å². The molecule has 0 saturated carbocycles. The average molecular weight is 481 g/mol. The van der Waals surface area contributed by atoms with E-state index in [-0.39, 0.29) is 5.25 Å². The number of hydrogen-bond acceptors (Lipinski definition) is 3. The lowest BCUT2D eigenvalue weighted by Crippen LogP contribution is -2.50. The Morgan fingerprint density at radius 2 is 1.44 bits per heavy atom. The third kappa shape index (κ3) is 5.34. The van der Waals surface area contributed by atoms with Crippen molar-refractivity contribution < 1.29 is 13.6 Å². The third-order valence-corrected chi connectivity index (χ3v) is 7.97. The van der Waals surface area contributed by atoms with Gasteiger partial charge in [-0.05, 0) is 68.6 Å². The van der Waals surface area contributed by atoms with E-state index in [2.05, 4.69) is 4.90 Å². The Labute approximate surface area is 204 Å². The summed E-state index contributed by atoms with van der Waals surface area (Å²) in [5, 5.41) is -0.362. The van der Waals surface area contributed by atoms with E-state index in [0.29, 0.717) is 11.3 Å². The molecule has 1 amide bonds. The largest absolute Gasteiger partial charge is 0.369 e. The maximum absolute atomic E-state index is 14.1. The number of amides is 1. The van der Waals surface area contributed by atoms with Crippen molar-refractivity contribution in [2.45, 2.75) is 41.2 Å². The van der Waals surface area contributed by atoms with Crippen LogP contribution >= 0.6 is 11.8 Å². The van der Waals surface area contributed by atoms with Gasteiger partial charge in [0, 0.05) is 16.2 Å². The molecule has 1 saturated heterocycles. The van der Waals surface area contributed by atoms with Crippen LogP contribution in [0.15, 0.2) is 83.8 Å². The maximum atomic E-state index is 14.1. The number of nitrogens with zero attached hydrogens (tertiary/aromatic N) is 1. The van der Waals surface area contributed by atoms with Crippen molar-refractivity contribution in [2.75, 3.05) is 19.6 Å². The Bertz CT molecular complexity index is 1030. The van der Waals surface area contributed by atoms with Crippen LogP contribution in [0.2, 0.25) is 0 Å². The molecule has 2 N–H and O–H groups in total. The number of carbonyl (C=O) groups is 1. The molecule has 6 heteroatoms. The highest BCUT2D eigenvalue weighted by Crippen LogP contribution is 2.46. The molecule has 1 unspecified atom stereocenters. The van der Waals surface area contributed by atoms with Crippen molar-refractivity contribution in [2.24, 2.45) is 5.73 Å². The molecular weight excluding hydrogens is 450 g/mol. The summed E-state index contributed by atoms with van der Waals surface area (Å²) in [6, 6.07) is 22.5. The monoisotopic (exact) mass is 480 g/mol. The van der Waals surface area contributed by atoms with Gasteiger partial charge >= 0.3 is 0 Å². The van der Waals surface area contributed by atoms with Gasteiger partial charge in [0.05, 0.1) is 0 Å². The molecule has 1 atom stereocenters. The number of hydrogen-bond donors (Lipinski definition) is 1. The minimum Gasteiger partial charge on any atom is -0.369 e. The number of halogens is 2. The highest BCUT2D eigenvalue weighted by molar-refractivity contribution is 8.00. The topological polar surface area (TPSA) is 46.3 Å². The summed E-state index contributed by atoms with van der Waals surface area (Å²) < 4.78 is 28.2. The molecule has 0 aliphatic carbocycles. The van der Waals surface area contributed by atoms with Gasteiger partial charge in [-0.1, -0.05) is 60.7 Å². The molecule has 3 nitrogen and oxygen atoms in total. The summed E-state index contributed by atoms with van der Waals surface area (Å²) in [6.07, 6.45) is 3.93. The van der Waals surface area contributed by atoms with Crippen LogP contribution in [0.4, 0.5) is 8.78 Å². The molecule has 0 bridgehead atoms. The molecule has 1 aliphatic rings. The van der Waals surface area contributed by atoms with Crippen LogP contribution in [0.25, 0.3) is 0 Å². The summed E-state index contributed by atoms with van der Waals surface area (Å²) in [4.78, 5) is 16.3. The molecule has 3 aromatic carbocycles. The Morgan fingerprint density at radius 3 is 1.94 bits per heavy atom. The SMILES string of the molecule is NC(=O)C(c1ccccc1)(c1ccccc1)C(CCCN1CCCC1)Sc1cc(F)cc(F)c1. The maximum Gasteiger partial charge on any atom is 0.233 e. The minimum absolute atomic E-state index is 0.362. The van der Waals surface area contributed by atoms with Crippen molar-refractivity contribution in [1.82, 2.24) is 4.90 Å². The summed E-state index contributed by atoms with van der Waals surface area (Å²) >= 11 is 1.33. The lowest BCUT2D eigenvalue weighted by Gasteiger charge is -2.39. The highest BCUT2D eigenvalue weighted by Gasteiger charge is 2.47. The second-order valence-electron chi connectivity index (χ2n) is 8.81. The molecule has 0 spiro atoms. The summed E-state index contributed by atoms with van der Waals surface area (Å²) in [5.41, 5.74) is 6.63. The molecule has 4 rings (SSSR count). The summed E-state index contributed by atoms with van der Waals surface area (Å²) in [7, 11) is 0. The molecule has 1 fully saturated rings. The lowest BCUT2D eigenvalue weighted by molar-refractivity contribution is -0.122. The first-order valence-electron chi connectivity index (χ1n) is 11.8. The molecule has 34 heavy (non-hydrogen) atoms. The van der Waals surface area contributed by atoms with E-state index in [0.717, 1.165) is 43.2 Å². The number of likely N-dealkylation sites (tertiary alicyclic amines) is 1. The smallest absolute Gasteiger partial charge is 0.233 e. The quantitative estimate of drug-likeness (QED) is 0.375. The van der Waals surface area contributed by atoms with Crippen LogP contribution in [0.3, 0.4) is 0 Å². The molecular formula is C28H30F2N2OS. The van der Waals surface area contributed by atoms with Gasteiger partial charge in [-0.15, -0.1) is 11.8 Å². The molecule has 178 valence electrons. The first kappa shape index (κ1) is 24.4. The molecule has 0 radical (unpaired) electrons. The predicted molar refractivity (Wildman–Crippen MR) is 134 cm³/mol. The number of benzene rings is 3. The van der Waals surface area contributed by atoms with Crippen molar-refractivity contribution in [3.8, 4) is 0 Å². The number of primary amides is 1. The Hall–Kier alpha value is -2.70. The summed E-state index contributed by atoms with van der Waals surface area (Å²) in [5.74, 6) is -1.75. The van der Waals surface area contributed by atoms with Gasteiger partial charge in [-0.25, -0.2) is 8.78 Å². The van der Waals surface area contributed by atoms with Crippen LogP contribution < -0.4 is 5.73 Å². The van der Waals surface area contributed by atoms with Crippen LogP contribution in [0.1, 0.15) is 36.8 Å². The third-order valence-electron chi connectivity index (χ3n) is 6.58. The first-order chi connectivity index (χ1) is 16.5. The first-order valence-corrected chi connectivity index (χ1v) is 12.6. The summed E-state index contributed by atoms with van der Waals surface area (Å²) in [6.45, 7) is 3.10. The van der Waals surface area contributed by atoms with E-state index in [9.17, 15) is 13.6 Å². The van der Waals surface area contributed by atoms with Crippen LogP contribution in [-0.4, -0.2) is 35.7 Å². The van der Waals surface area contributed by atoms with E-state index in [4.69, 9.17) is 5.73 Å². The van der Waals surface area contributed by atoms with Gasteiger partial charge in [0.15, 0.2) is 0 Å². The second kappa shape index (κ2) is 11.2. The zero-order valence-corrected chi connectivity index (χ0v) is 19.9. The van der Waals surface area contributed by atoms with Gasteiger partial charge in [0.2, 0.25) is 5.91 Å². The van der Waals surface area contributed by atoms with Gasteiger partial charge in [-0.2, -0.15) is 0 Å². The zero-order chi connectivity index (χ0) is 24.0.